The van der Waals surface area contributed by atoms with Crippen LogP contribution < -0.4 is 14.8 Å². The highest BCUT2D eigenvalue weighted by Crippen LogP contribution is 2.37. The molecule has 1 aliphatic heterocycles. The van der Waals surface area contributed by atoms with Gasteiger partial charge in [-0.25, -0.2) is 14.8 Å². The van der Waals surface area contributed by atoms with Crippen molar-refractivity contribution in [2.24, 2.45) is 5.92 Å². The summed E-state index contributed by atoms with van der Waals surface area (Å²) in [6, 6.07) is 5.61. The fourth-order valence-corrected chi connectivity index (χ4v) is 4.55. The Bertz CT molecular complexity index is 1320. The van der Waals surface area contributed by atoms with E-state index in [-0.39, 0.29) is 18.0 Å². The summed E-state index contributed by atoms with van der Waals surface area (Å²) in [7, 11) is 1.62. The first-order valence-electron chi connectivity index (χ1n) is 13.1. The van der Waals surface area contributed by atoms with Crippen molar-refractivity contribution in [3.8, 4) is 22.8 Å². The Morgan fingerprint density at radius 2 is 1.89 bits per heavy atom. The highest BCUT2D eigenvalue weighted by molar-refractivity contribution is 6.08. The van der Waals surface area contributed by atoms with Gasteiger partial charge in [0.1, 0.15) is 34.6 Å². The second-order valence-electron chi connectivity index (χ2n) is 11.0. The molecule has 3 heterocycles. The van der Waals surface area contributed by atoms with E-state index in [4.69, 9.17) is 14.2 Å². The molecule has 0 radical (unpaired) electrons. The maximum atomic E-state index is 13.2. The van der Waals surface area contributed by atoms with E-state index in [1.54, 1.807) is 18.2 Å². The van der Waals surface area contributed by atoms with E-state index in [1.807, 2.05) is 39.0 Å². The molecule has 1 aromatic carbocycles. The van der Waals surface area contributed by atoms with Crippen molar-refractivity contribution in [3.63, 3.8) is 0 Å². The van der Waals surface area contributed by atoms with Crippen LogP contribution in [-0.4, -0.2) is 70.3 Å². The number of aromatic nitrogens is 3. The number of amides is 2. The third kappa shape index (κ3) is 5.84. The minimum atomic E-state index is -0.534. The van der Waals surface area contributed by atoms with E-state index in [2.05, 4.69) is 20.3 Å². The zero-order chi connectivity index (χ0) is 26.9. The number of fused-ring (bicyclic) bond motifs is 1. The number of rotatable bonds is 7. The number of methoxy groups -OCH3 is 1. The summed E-state index contributed by atoms with van der Waals surface area (Å²) in [5.74, 6) is 1.77. The second kappa shape index (κ2) is 10.5. The van der Waals surface area contributed by atoms with Crippen molar-refractivity contribution in [1.29, 1.82) is 0 Å². The Morgan fingerprint density at radius 1 is 1.13 bits per heavy atom. The molecule has 0 bridgehead atoms. The fraction of sp³-hybridized carbons (Fsp3) is 0.500. The van der Waals surface area contributed by atoms with Crippen molar-refractivity contribution in [1.82, 2.24) is 25.2 Å². The molecule has 5 rings (SSSR count). The monoisotopic (exact) mass is 521 g/mol. The molecule has 3 aromatic rings. The second-order valence-corrected chi connectivity index (χ2v) is 11.0. The summed E-state index contributed by atoms with van der Waals surface area (Å²) in [6.07, 6.45) is 6.50. The van der Waals surface area contributed by atoms with Crippen LogP contribution in [0.3, 0.4) is 0 Å². The van der Waals surface area contributed by atoms with Crippen LogP contribution in [0.25, 0.3) is 22.3 Å². The summed E-state index contributed by atoms with van der Waals surface area (Å²) in [6.45, 7) is 7.27. The molecule has 2 aromatic heterocycles. The Labute approximate surface area is 222 Å². The number of piperidine rings is 1. The number of aromatic amines is 1. The number of hydrogen-bond acceptors (Lipinski definition) is 7. The van der Waals surface area contributed by atoms with E-state index in [0.29, 0.717) is 72.2 Å². The zero-order valence-electron chi connectivity index (χ0n) is 22.4. The topological polar surface area (TPSA) is 119 Å². The number of hydrogen-bond donors (Lipinski definition) is 2. The van der Waals surface area contributed by atoms with E-state index in [9.17, 15) is 9.59 Å². The van der Waals surface area contributed by atoms with Crippen LogP contribution in [0, 0.1) is 5.92 Å². The van der Waals surface area contributed by atoms with Gasteiger partial charge in [0.05, 0.1) is 24.8 Å². The normalized spacial score (nSPS) is 16.4. The van der Waals surface area contributed by atoms with Crippen molar-refractivity contribution in [2.75, 3.05) is 26.8 Å². The largest absolute Gasteiger partial charge is 0.497 e. The van der Waals surface area contributed by atoms with Gasteiger partial charge in [0.25, 0.3) is 5.91 Å². The van der Waals surface area contributed by atoms with Crippen molar-refractivity contribution < 1.29 is 23.8 Å². The summed E-state index contributed by atoms with van der Waals surface area (Å²) < 4.78 is 17.0. The number of H-pyrrole nitrogens is 1. The van der Waals surface area contributed by atoms with E-state index in [1.165, 1.54) is 19.2 Å². The smallest absolute Gasteiger partial charge is 0.410 e. The maximum Gasteiger partial charge on any atom is 0.410 e. The number of carbonyl (C=O) groups is 2. The van der Waals surface area contributed by atoms with Gasteiger partial charge in [-0.3, -0.25) is 4.79 Å². The van der Waals surface area contributed by atoms with Gasteiger partial charge in [-0.05, 0) is 64.5 Å². The number of nitrogens with zero attached hydrogens (tertiary/aromatic N) is 3. The molecular formula is C28H35N5O5. The number of nitrogens with one attached hydrogen (secondary N) is 2. The molecule has 2 fully saturated rings. The van der Waals surface area contributed by atoms with E-state index in [0.717, 1.165) is 5.56 Å². The first kappa shape index (κ1) is 25.8. The van der Waals surface area contributed by atoms with Crippen molar-refractivity contribution in [2.45, 2.75) is 58.1 Å². The number of carbonyl (C=O) groups excluding carboxylic acids is 2. The summed E-state index contributed by atoms with van der Waals surface area (Å²) in [5.41, 5.74) is 2.60. The van der Waals surface area contributed by atoms with E-state index >= 15 is 0 Å². The Morgan fingerprint density at radius 3 is 2.58 bits per heavy atom. The van der Waals surface area contributed by atoms with Crippen LogP contribution in [0.4, 0.5) is 4.79 Å². The number of benzene rings is 1. The molecule has 0 unspecified atom stereocenters. The lowest BCUT2D eigenvalue weighted by Crippen LogP contribution is -2.47. The molecular weight excluding hydrogens is 486 g/mol. The lowest BCUT2D eigenvalue weighted by atomic mass is 10.0. The molecule has 2 amide bonds. The maximum absolute atomic E-state index is 13.2. The molecule has 0 spiro atoms. The summed E-state index contributed by atoms with van der Waals surface area (Å²) in [4.78, 5) is 39.4. The average molecular weight is 522 g/mol. The van der Waals surface area contributed by atoms with Crippen molar-refractivity contribution in [3.05, 3.63) is 36.3 Å². The lowest BCUT2D eigenvalue weighted by molar-refractivity contribution is 0.0199. The fourth-order valence-electron chi connectivity index (χ4n) is 4.55. The first-order valence-corrected chi connectivity index (χ1v) is 13.1. The average Bonchev–Trinajstić information content (AvgIpc) is 3.62. The van der Waals surface area contributed by atoms with Crippen LogP contribution >= 0.6 is 0 Å². The molecule has 202 valence electrons. The van der Waals surface area contributed by atoms with Gasteiger partial charge in [0.15, 0.2) is 0 Å². The third-order valence-electron chi connectivity index (χ3n) is 6.81. The van der Waals surface area contributed by atoms with Crippen LogP contribution in [-0.2, 0) is 4.74 Å². The van der Waals surface area contributed by atoms with Crippen LogP contribution in [0.1, 0.15) is 56.8 Å². The van der Waals surface area contributed by atoms with Gasteiger partial charge in [0, 0.05) is 37.0 Å². The minimum Gasteiger partial charge on any atom is -0.497 e. The van der Waals surface area contributed by atoms with Crippen LogP contribution in [0.2, 0.25) is 0 Å². The molecule has 2 N–H and O–H groups in total. The number of likely N-dealkylation sites (tertiary alicyclic amines) is 1. The van der Waals surface area contributed by atoms with Gasteiger partial charge < -0.3 is 29.4 Å². The Balaban J connectivity index is 1.31. The predicted molar refractivity (Wildman–Crippen MR) is 142 cm³/mol. The SMILES string of the molecule is COc1ccc(-c2ncnc3c(C(=O)NC4CCN(C(=O)OC(C)(C)C)CC4)c[nH]c23)c(OCC2CC2)c1. The highest BCUT2D eigenvalue weighted by atomic mass is 16.6. The first-order chi connectivity index (χ1) is 18.2. The third-order valence-corrected chi connectivity index (χ3v) is 6.81. The van der Waals surface area contributed by atoms with Gasteiger partial charge in [-0.15, -0.1) is 0 Å². The lowest BCUT2D eigenvalue weighted by Gasteiger charge is -2.33. The van der Waals surface area contributed by atoms with Gasteiger partial charge in [-0.1, -0.05) is 0 Å². The molecule has 0 atom stereocenters. The van der Waals surface area contributed by atoms with Gasteiger partial charge in [-0.2, -0.15) is 0 Å². The van der Waals surface area contributed by atoms with E-state index < -0.39 is 5.60 Å². The quantitative estimate of drug-likeness (QED) is 0.468. The molecule has 1 aliphatic carbocycles. The molecule has 1 saturated heterocycles. The summed E-state index contributed by atoms with van der Waals surface area (Å²) >= 11 is 0. The molecule has 1 saturated carbocycles. The zero-order valence-corrected chi connectivity index (χ0v) is 22.4. The standard InChI is InChI=1S/C28H35N5O5/c1-28(2,3)38-27(35)33-11-9-18(10-12-33)32-26(34)21-14-29-25-23(30-16-31-24(21)25)20-8-7-19(36-4)13-22(20)37-15-17-5-6-17/h7-8,13-14,16-18,29H,5-6,9-12,15H2,1-4H3,(H,32,34). The molecule has 2 aliphatic rings. The molecule has 10 heteroatoms. The highest BCUT2D eigenvalue weighted by Gasteiger charge is 2.29. The minimum absolute atomic E-state index is 0.0449. The Hall–Kier alpha value is -3.82. The van der Waals surface area contributed by atoms with Crippen molar-refractivity contribution >= 4 is 23.0 Å². The van der Waals surface area contributed by atoms with Crippen LogP contribution in [0.15, 0.2) is 30.7 Å². The van der Waals surface area contributed by atoms with Gasteiger partial charge in [0.2, 0.25) is 0 Å². The molecule has 38 heavy (non-hydrogen) atoms. The van der Waals surface area contributed by atoms with Gasteiger partial charge >= 0.3 is 6.09 Å². The number of ether oxygens (including phenoxy) is 3. The predicted octanol–water partition coefficient (Wildman–Crippen LogP) is 4.55. The van der Waals surface area contributed by atoms with Crippen LogP contribution in [0.5, 0.6) is 11.5 Å². The molecule has 10 nitrogen and oxygen atoms in total. The summed E-state index contributed by atoms with van der Waals surface area (Å²) in [5, 5.41) is 3.11. The Kier molecular flexibility index (Phi) is 7.14.